The zero-order valence-corrected chi connectivity index (χ0v) is 9.27. The van der Waals surface area contributed by atoms with Gasteiger partial charge in [-0.3, -0.25) is 11.3 Å². The van der Waals surface area contributed by atoms with Gasteiger partial charge < -0.3 is 0 Å². The quantitative estimate of drug-likeness (QED) is 0.459. The van der Waals surface area contributed by atoms with Gasteiger partial charge in [0.1, 0.15) is 5.82 Å². The molecule has 15 heavy (non-hydrogen) atoms. The zero-order chi connectivity index (χ0) is 10.7. The molecule has 2 rings (SSSR count). The van der Waals surface area contributed by atoms with Gasteiger partial charge in [0.05, 0.1) is 0 Å². The first-order valence-electron chi connectivity index (χ1n) is 5.14. The molecule has 0 amide bonds. The molecule has 0 spiro atoms. The van der Waals surface area contributed by atoms with E-state index in [1.54, 1.807) is 23.9 Å². The Morgan fingerprint density at radius 2 is 2.07 bits per heavy atom. The van der Waals surface area contributed by atoms with Crippen molar-refractivity contribution in [2.45, 2.75) is 23.8 Å². The molecule has 0 aromatic heterocycles. The highest BCUT2D eigenvalue weighted by atomic mass is 32.2. The van der Waals surface area contributed by atoms with Gasteiger partial charge in [-0.1, -0.05) is 0 Å². The molecule has 3 N–H and O–H groups in total. The topological polar surface area (TPSA) is 38.0 Å². The fourth-order valence-electron chi connectivity index (χ4n) is 1.54. The summed E-state index contributed by atoms with van der Waals surface area (Å²) >= 11 is 1.72. The lowest BCUT2D eigenvalue weighted by molar-refractivity contribution is 0.520. The van der Waals surface area contributed by atoms with E-state index < -0.39 is 0 Å². The molecule has 1 saturated carbocycles. The molecule has 1 aliphatic rings. The van der Waals surface area contributed by atoms with Crippen LogP contribution in [-0.4, -0.2) is 11.8 Å². The van der Waals surface area contributed by atoms with Gasteiger partial charge in [-0.2, -0.15) is 0 Å². The van der Waals surface area contributed by atoms with E-state index in [9.17, 15) is 4.39 Å². The van der Waals surface area contributed by atoms with Crippen LogP contribution < -0.4 is 11.3 Å². The van der Waals surface area contributed by atoms with E-state index in [1.807, 2.05) is 0 Å². The van der Waals surface area contributed by atoms with E-state index in [1.165, 1.54) is 25.0 Å². The van der Waals surface area contributed by atoms with Gasteiger partial charge in [-0.15, -0.1) is 11.8 Å². The average Bonchev–Trinajstić information content (AvgIpc) is 3.06. The van der Waals surface area contributed by atoms with Crippen LogP contribution in [-0.2, 0) is 0 Å². The predicted molar refractivity (Wildman–Crippen MR) is 61.0 cm³/mol. The van der Waals surface area contributed by atoms with Gasteiger partial charge in [0.25, 0.3) is 0 Å². The molecule has 1 fully saturated rings. The maximum Gasteiger partial charge on any atom is 0.123 e. The monoisotopic (exact) mass is 226 g/mol. The smallest absolute Gasteiger partial charge is 0.123 e. The molecule has 0 radical (unpaired) electrons. The summed E-state index contributed by atoms with van der Waals surface area (Å²) < 4.78 is 12.6. The molecule has 0 aliphatic heterocycles. The van der Waals surface area contributed by atoms with Gasteiger partial charge in [0.15, 0.2) is 0 Å². The van der Waals surface area contributed by atoms with Crippen LogP contribution in [0.25, 0.3) is 0 Å². The summed E-state index contributed by atoms with van der Waals surface area (Å²) in [6, 6.07) is 6.98. The Hall–Kier alpha value is -0.580. The highest BCUT2D eigenvalue weighted by Crippen LogP contribution is 2.34. The Labute approximate surface area is 93.4 Å². The summed E-state index contributed by atoms with van der Waals surface area (Å²) in [5.74, 6) is 6.98. The minimum absolute atomic E-state index is 0.185. The molecule has 4 heteroatoms. The second kappa shape index (κ2) is 4.96. The lowest BCUT2D eigenvalue weighted by atomic mass is 10.2. The minimum atomic E-state index is -0.185. The Morgan fingerprint density at radius 3 is 2.60 bits per heavy atom. The number of benzene rings is 1. The number of nitrogens with one attached hydrogen (secondary N) is 1. The third kappa shape index (κ3) is 3.19. The number of thioether (sulfide) groups is 1. The third-order valence-electron chi connectivity index (χ3n) is 2.65. The van der Waals surface area contributed by atoms with Crippen LogP contribution in [0.1, 0.15) is 12.8 Å². The first-order chi connectivity index (χ1) is 7.29. The van der Waals surface area contributed by atoms with E-state index in [0.717, 1.165) is 16.6 Å². The molecule has 1 aromatic rings. The van der Waals surface area contributed by atoms with Gasteiger partial charge in [0, 0.05) is 16.7 Å². The van der Waals surface area contributed by atoms with Crippen molar-refractivity contribution in [1.29, 1.82) is 0 Å². The summed E-state index contributed by atoms with van der Waals surface area (Å²) in [6.07, 6.45) is 2.55. The summed E-state index contributed by atoms with van der Waals surface area (Å²) in [5, 5.41) is 0. The van der Waals surface area contributed by atoms with E-state index in [0.29, 0.717) is 6.04 Å². The van der Waals surface area contributed by atoms with Crippen molar-refractivity contribution in [3.05, 3.63) is 30.1 Å². The normalized spacial score (nSPS) is 17.7. The van der Waals surface area contributed by atoms with Crippen molar-refractivity contribution < 1.29 is 4.39 Å². The Kier molecular flexibility index (Phi) is 3.61. The number of halogens is 1. The molecule has 0 saturated heterocycles. The lowest BCUT2D eigenvalue weighted by Gasteiger charge is -2.13. The number of hydrazine groups is 1. The second-order valence-electron chi connectivity index (χ2n) is 3.88. The molecule has 1 unspecified atom stereocenters. The van der Waals surface area contributed by atoms with Crippen molar-refractivity contribution in [3.63, 3.8) is 0 Å². The minimum Gasteiger partial charge on any atom is -0.271 e. The standard InChI is InChI=1S/C11H15FN2S/c12-9-3-5-10(6-4-9)15-7-11(14-13)8-1-2-8/h3-6,8,11,14H,1-2,7,13H2. The van der Waals surface area contributed by atoms with Gasteiger partial charge in [-0.25, -0.2) is 4.39 Å². The van der Waals surface area contributed by atoms with Crippen molar-refractivity contribution in [1.82, 2.24) is 5.43 Å². The van der Waals surface area contributed by atoms with Crippen molar-refractivity contribution in [2.24, 2.45) is 11.8 Å². The van der Waals surface area contributed by atoms with Crippen LogP contribution >= 0.6 is 11.8 Å². The first-order valence-corrected chi connectivity index (χ1v) is 6.12. The van der Waals surface area contributed by atoms with Crippen LogP contribution in [0.4, 0.5) is 4.39 Å². The summed E-state index contributed by atoms with van der Waals surface area (Å²) in [7, 11) is 0. The van der Waals surface area contributed by atoms with Gasteiger partial charge in [0.2, 0.25) is 0 Å². The number of hydrogen-bond donors (Lipinski definition) is 2. The van der Waals surface area contributed by atoms with Gasteiger partial charge >= 0.3 is 0 Å². The maximum absolute atomic E-state index is 12.6. The fourth-order valence-corrected chi connectivity index (χ4v) is 2.60. The molecular weight excluding hydrogens is 211 g/mol. The summed E-state index contributed by atoms with van der Waals surface area (Å²) in [4.78, 5) is 1.09. The van der Waals surface area contributed by atoms with Crippen molar-refractivity contribution >= 4 is 11.8 Å². The van der Waals surface area contributed by atoms with Crippen molar-refractivity contribution in [3.8, 4) is 0 Å². The first kappa shape index (κ1) is 10.9. The van der Waals surface area contributed by atoms with Gasteiger partial charge in [-0.05, 0) is 43.0 Å². The molecule has 2 nitrogen and oxygen atoms in total. The highest BCUT2D eigenvalue weighted by Gasteiger charge is 2.30. The van der Waals surface area contributed by atoms with E-state index in [-0.39, 0.29) is 5.82 Å². The SMILES string of the molecule is NNC(CSc1ccc(F)cc1)C1CC1. The molecule has 82 valence electrons. The lowest BCUT2D eigenvalue weighted by Crippen LogP contribution is -2.38. The third-order valence-corrected chi connectivity index (χ3v) is 3.78. The average molecular weight is 226 g/mol. The molecule has 0 heterocycles. The van der Waals surface area contributed by atoms with E-state index >= 15 is 0 Å². The predicted octanol–water partition coefficient (Wildman–Crippen LogP) is 2.16. The van der Waals surface area contributed by atoms with Crippen LogP contribution in [0.5, 0.6) is 0 Å². The molecular formula is C11H15FN2S. The molecule has 1 aliphatic carbocycles. The van der Waals surface area contributed by atoms with Crippen LogP contribution in [0.2, 0.25) is 0 Å². The Balaban J connectivity index is 1.83. The zero-order valence-electron chi connectivity index (χ0n) is 8.45. The highest BCUT2D eigenvalue weighted by molar-refractivity contribution is 7.99. The van der Waals surface area contributed by atoms with E-state index in [4.69, 9.17) is 5.84 Å². The Morgan fingerprint density at radius 1 is 1.40 bits per heavy atom. The Bertz CT molecular complexity index is 311. The second-order valence-corrected chi connectivity index (χ2v) is 4.97. The number of nitrogens with two attached hydrogens (primary N) is 1. The molecule has 1 atom stereocenters. The molecule has 1 aromatic carbocycles. The molecule has 0 bridgehead atoms. The number of hydrogen-bond acceptors (Lipinski definition) is 3. The largest absolute Gasteiger partial charge is 0.271 e. The van der Waals surface area contributed by atoms with Crippen LogP contribution in [0, 0.1) is 11.7 Å². The summed E-state index contributed by atoms with van der Waals surface area (Å²) in [5.41, 5.74) is 2.85. The van der Waals surface area contributed by atoms with E-state index in [2.05, 4.69) is 5.43 Å². The van der Waals surface area contributed by atoms with Crippen molar-refractivity contribution in [2.75, 3.05) is 5.75 Å². The fraction of sp³-hybridized carbons (Fsp3) is 0.455. The van der Waals surface area contributed by atoms with Crippen LogP contribution in [0.3, 0.4) is 0 Å². The maximum atomic E-state index is 12.6. The number of rotatable bonds is 5. The summed E-state index contributed by atoms with van der Waals surface area (Å²) in [6.45, 7) is 0. The van der Waals surface area contributed by atoms with Crippen LogP contribution in [0.15, 0.2) is 29.2 Å².